The van der Waals surface area contributed by atoms with Crippen molar-refractivity contribution in [3.63, 3.8) is 0 Å². The van der Waals surface area contributed by atoms with Gasteiger partial charge in [0.1, 0.15) is 5.69 Å². The summed E-state index contributed by atoms with van der Waals surface area (Å²) in [6, 6.07) is 1.95. The van der Waals surface area contributed by atoms with E-state index in [9.17, 15) is 8.78 Å². The second-order valence-corrected chi connectivity index (χ2v) is 3.83. The molecule has 5 heteroatoms. The standard InChI is InChI=1S/C9H7F2IN2/c1-5-4-14-8(9(10)11)7(12)6(5)2-3-13/h4,9H,2H2,1H3. The Labute approximate surface area is 94.1 Å². The Balaban J connectivity index is 3.27. The van der Waals surface area contributed by atoms with Crippen LogP contribution < -0.4 is 0 Å². The first-order valence-corrected chi connectivity index (χ1v) is 4.94. The molecule has 2 nitrogen and oxygen atoms in total. The van der Waals surface area contributed by atoms with E-state index >= 15 is 0 Å². The Bertz CT molecular complexity index is 385. The van der Waals surface area contributed by atoms with Crippen molar-refractivity contribution >= 4 is 22.6 Å². The Morgan fingerprint density at radius 1 is 1.64 bits per heavy atom. The molecular weight excluding hydrogens is 301 g/mol. The van der Waals surface area contributed by atoms with E-state index < -0.39 is 6.43 Å². The molecule has 0 saturated carbocycles. The van der Waals surface area contributed by atoms with Crippen molar-refractivity contribution in [2.45, 2.75) is 19.8 Å². The van der Waals surface area contributed by atoms with Gasteiger partial charge in [0.25, 0.3) is 6.43 Å². The molecule has 0 atom stereocenters. The molecule has 0 amide bonds. The van der Waals surface area contributed by atoms with E-state index in [4.69, 9.17) is 5.26 Å². The minimum atomic E-state index is -2.58. The summed E-state index contributed by atoms with van der Waals surface area (Å²) < 4.78 is 25.3. The average Bonchev–Trinajstić information content (AvgIpc) is 2.11. The molecule has 0 aliphatic rings. The van der Waals surface area contributed by atoms with Crippen LogP contribution in [0.25, 0.3) is 0 Å². The van der Waals surface area contributed by atoms with Crippen molar-refractivity contribution in [1.29, 1.82) is 5.26 Å². The van der Waals surface area contributed by atoms with Crippen LogP contribution in [0.15, 0.2) is 6.20 Å². The minimum Gasteiger partial charge on any atom is -0.254 e. The van der Waals surface area contributed by atoms with Crippen LogP contribution in [0.2, 0.25) is 0 Å². The zero-order valence-corrected chi connectivity index (χ0v) is 9.55. The molecule has 0 N–H and O–H groups in total. The summed E-state index contributed by atoms with van der Waals surface area (Å²) in [5.74, 6) is 0. The molecule has 74 valence electrons. The van der Waals surface area contributed by atoms with Gasteiger partial charge < -0.3 is 0 Å². The fourth-order valence-electron chi connectivity index (χ4n) is 1.08. The molecule has 0 unspecified atom stereocenters. The lowest BCUT2D eigenvalue weighted by molar-refractivity contribution is 0.145. The molecule has 1 heterocycles. The number of nitrogens with zero attached hydrogens (tertiary/aromatic N) is 2. The molecule has 14 heavy (non-hydrogen) atoms. The molecule has 1 aromatic rings. The zero-order valence-electron chi connectivity index (χ0n) is 7.39. The predicted octanol–water partition coefficient (Wildman–Crippen LogP) is 3.00. The van der Waals surface area contributed by atoms with Crippen LogP contribution >= 0.6 is 22.6 Å². The van der Waals surface area contributed by atoms with Crippen molar-refractivity contribution in [1.82, 2.24) is 4.98 Å². The number of rotatable bonds is 2. The van der Waals surface area contributed by atoms with Crippen molar-refractivity contribution in [2.75, 3.05) is 0 Å². The number of aromatic nitrogens is 1. The van der Waals surface area contributed by atoms with Gasteiger partial charge in [-0.05, 0) is 40.6 Å². The lowest BCUT2D eigenvalue weighted by atomic mass is 10.1. The van der Waals surface area contributed by atoms with Crippen LogP contribution in [-0.4, -0.2) is 4.98 Å². The van der Waals surface area contributed by atoms with E-state index in [-0.39, 0.29) is 12.1 Å². The minimum absolute atomic E-state index is 0.145. The Kier molecular flexibility index (Phi) is 3.75. The summed E-state index contributed by atoms with van der Waals surface area (Å²) >= 11 is 1.81. The Morgan fingerprint density at radius 2 is 2.29 bits per heavy atom. The fraction of sp³-hybridized carbons (Fsp3) is 0.333. The number of alkyl halides is 2. The highest BCUT2D eigenvalue weighted by Gasteiger charge is 2.17. The number of aryl methyl sites for hydroxylation is 1. The largest absolute Gasteiger partial charge is 0.281 e. The quantitative estimate of drug-likeness (QED) is 0.788. The van der Waals surface area contributed by atoms with E-state index in [0.717, 1.165) is 5.56 Å². The second-order valence-electron chi connectivity index (χ2n) is 2.75. The lowest BCUT2D eigenvalue weighted by Crippen LogP contribution is -2.01. The average molecular weight is 308 g/mol. The molecule has 0 aliphatic heterocycles. The molecule has 0 spiro atoms. The Morgan fingerprint density at radius 3 is 2.79 bits per heavy atom. The monoisotopic (exact) mass is 308 g/mol. The van der Waals surface area contributed by atoms with Crippen LogP contribution in [0.5, 0.6) is 0 Å². The normalized spacial score (nSPS) is 10.3. The Hall–Kier alpha value is -0.770. The zero-order chi connectivity index (χ0) is 10.7. The van der Waals surface area contributed by atoms with Gasteiger partial charge in [-0.1, -0.05) is 0 Å². The third-order valence-electron chi connectivity index (χ3n) is 1.83. The maximum atomic E-state index is 12.4. The third-order valence-corrected chi connectivity index (χ3v) is 3.03. The van der Waals surface area contributed by atoms with Gasteiger partial charge in [0.2, 0.25) is 0 Å². The van der Waals surface area contributed by atoms with Gasteiger partial charge in [-0.2, -0.15) is 5.26 Å². The van der Waals surface area contributed by atoms with E-state index in [2.05, 4.69) is 4.98 Å². The highest BCUT2D eigenvalue weighted by Crippen LogP contribution is 2.26. The summed E-state index contributed by atoms with van der Waals surface area (Å²) in [5, 5.41) is 8.54. The van der Waals surface area contributed by atoms with Crippen molar-refractivity contribution in [3.8, 4) is 6.07 Å². The third kappa shape index (κ3) is 2.18. The first-order valence-electron chi connectivity index (χ1n) is 3.87. The summed E-state index contributed by atoms with van der Waals surface area (Å²) in [4.78, 5) is 3.65. The lowest BCUT2D eigenvalue weighted by Gasteiger charge is -2.08. The highest BCUT2D eigenvalue weighted by molar-refractivity contribution is 14.1. The number of pyridine rings is 1. The fourth-order valence-corrected chi connectivity index (χ4v) is 2.07. The van der Waals surface area contributed by atoms with Crippen molar-refractivity contribution < 1.29 is 8.78 Å². The highest BCUT2D eigenvalue weighted by atomic mass is 127. The van der Waals surface area contributed by atoms with Crippen molar-refractivity contribution in [2.24, 2.45) is 0 Å². The topological polar surface area (TPSA) is 36.7 Å². The van der Waals surface area contributed by atoms with Crippen molar-refractivity contribution in [3.05, 3.63) is 26.6 Å². The number of hydrogen-bond acceptors (Lipinski definition) is 2. The summed E-state index contributed by atoms with van der Waals surface area (Å²) in [6.45, 7) is 1.76. The molecule has 0 bridgehead atoms. The molecule has 0 fully saturated rings. The molecule has 0 saturated heterocycles. The molecule has 1 rings (SSSR count). The van der Waals surface area contributed by atoms with E-state index in [1.54, 1.807) is 6.92 Å². The maximum Gasteiger partial charge on any atom is 0.281 e. The molecule has 0 aliphatic carbocycles. The maximum absolute atomic E-state index is 12.4. The van der Waals surface area contributed by atoms with E-state index in [0.29, 0.717) is 9.13 Å². The summed E-state index contributed by atoms with van der Waals surface area (Å²) in [6.07, 6.45) is -1.05. The summed E-state index contributed by atoms with van der Waals surface area (Å²) in [5.41, 5.74) is 1.19. The first-order chi connectivity index (χ1) is 6.57. The molecular formula is C9H7F2IN2. The van der Waals surface area contributed by atoms with Gasteiger partial charge in [0.15, 0.2) is 0 Å². The molecule has 1 aromatic heterocycles. The SMILES string of the molecule is Cc1cnc(C(F)F)c(I)c1CC#N. The van der Waals surface area contributed by atoms with Gasteiger partial charge >= 0.3 is 0 Å². The van der Waals surface area contributed by atoms with Gasteiger partial charge in [0.05, 0.1) is 12.5 Å². The number of nitriles is 1. The van der Waals surface area contributed by atoms with Gasteiger partial charge in [-0.25, -0.2) is 8.78 Å². The van der Waals surface area contributed by atoms with E-state index in [1.807, 2.05) is 28.7 Å². The molecule has 0 radical (unpaired) electrons. The first kappa shape index (κ1) is 11.3. The predicted molar refractivity (Wildman–Crippen MR) is 56.0 cm³/mol. The van der Waals surface area contributed by atoms with Gasteiger partial charge in [0, 0.05) is 9.77 Å². The summed E-state index contributed by atoms with van der Waals surface area (Å²) in [7, 11) is 0. The smallest absolute Gasteiger partial charge is 0.254 e. The molecule has 0 aromatic carbocycles. The van der Waals surface area contributed by atoms with E-state index in [1.165, 1.54) is 6.20 Å². The van der Waals surface area contributed by atoms with Crippen LogP contribution in [0, 0.1) is 21.8 Å². The van der Waals surface area contributed by atoms with Crippen LogP contribution in [0.4, 0.5) is 8.78 Å². The van der Waals surface area contributed by atoms with Crippen LogP contribution in [0.1, 0.15) is 23.2 Å². The van der Waals surface area contributed by atoms with Crippen LogP contribution in [-0.2, 0) is 6.42 Å². The second kappa shape index (κ2) is 4.64. The number of halogens is 3. The number of hydrogen-bond donors (Lipinski definition) is 0. The van der Waals surface area contributed by atoms with Gasteiger partial charge in [-0.3, -0.25) is 4.98 Å². The van der Waals surface area contributed by atoms with Gasteiger partial charge in [-0.15, -0.1) is 0 Å². The van der Waals surface area contributed by atoms with Crippen LogP contribution in [0.3, 0.4) is 0 Å².